The molecule has 1 saturated carbocycles. The van der Waals surface area contributed by atoms with E-state index in [0.717, 1.165) is 18.1 Å². The summed E-state index contributed by atoms with van der Waals surface area (Å²) < 4.78 is 0. The van der Waals surface area contributed by atoms with Crippen molar-refractivity contribution in [2.45, 2.75) is 63.6 Å². The minimum Gasteiger partial charge on any atom is -0.306 e. The topological polar surface area (TPSA) is 9.72 Å². The predicted octanol–water partition coefficient (Wildman–Crippen LogP) is 2.28. The first-order valence-corrected chi connectivity index (χ1v) is 8.22. The van der Waals surface area contributed by atoms with Crippen molar-refractivity contribution in [2.75, 3.05) is 40.8 Å². The predicted molar refractivity (Wildman–Crippen MR) is 82.6 cm³/mol. The van der Waals surface area contributed by atoms with Gasteiger partial charge in [-0.25, -0.2) is 0 Å². The highest BCUT2D eigenvalue weighted by Crippen LogP contribution is 2.28. The van der Waals surface area contributed by atoms with Gasteiger partial charge in [0.2, 0.25) is 0 Å². The maximum absolute atomic E-state index is 2.79. The van der Waals surface area contributed by atoms with Crippen LogP contribution in [-0.2, 0) is 0 Å². The van der Waals surface area contributed by atoms with Gasteiger partial charge < -0.3 is 14.7 Å². The van der Waals surface area contributed by atoms with Gasteiger partial charge in [0.05, 0.1) is 0 Å². The van der Waals surface area contributed by atoms with Crippen molar-refractivity contribution >= 4 is 0 Å². The average molecular weight is 267 g/mol. The van der Waals surface area contributed by atoms with Gasteiger partial charge in [-0.2, -0.15) is 0 Å². The third-order valence-electron chi connectivity index (χ3n) is 5.49. The van der Waals surface area contributed by atoms with Crippen LogP contribution in [0.5, 0.6) is 0 Å². The maximum Gasteiger partial charge on any atom is 0.0113 e. The lowest BCUT2D eigenvalue weighted by Gasteiger charge is -2.44. The SMILES string of the molecule is CCN(C)[C@@H]1CCC[C@@H](N2CCC(N(C)C)CC2)C1. The van der Waals surface area contributed by atoms with E-state index in [1.54, 1.807) is 0 Å². The van der Waals surface area contributed by atoms with Crippen LogP contribution in [0.1, 0.15) is 45.4 Å². The fourth-order valence-corrected chi connectivity index (χ4v) is 3.90. The summed E-state index contributed by atoms with van der Waals surface area (Å²) in [6.07, 6.45) is 8.38. The quantitative estimate of drug-likeness (QED) is 0.774. The molecule has 0 aromatic rings. The Balaban J connectivity index is 1.82. The molecule has 0 aromatic carbocycles. The molecule has 0 radical (unpaired) electrons. The minimum atomic E-state index is 0.814. The molecule has 2 atom stereocenters. The molecule has 0 spiro atoms. The van der Waals surface area contributed by atoms with Crippen molar-refractivity contribution in [1.29, 1.82) is 0 Å². The molecule has 0 aromatic heterocycles. The summed E-state index contributed by atoms with van der Waals surface area (Å²) >= 11 is 0. The van der Waals surface area contributed by atoms with E-state index in [1.165, 1.54) is 58.2 Å². The number of rotatable bonds is 4. The highest BCUT2D eigenvalue weighted by Gasteiger charge is 2.31. The van der Waals surface area contributed by atoms with Crippen molar-refractivity contribution in [3.05, 3.63) is 0 Å². The van der Waals surface area contributed by atoms with Crippen molar-refractivity contribution in [1.82, 2.24) is 14.7 Å². The second-order valence-corrected chi connectivity index (χ2v) is 6.78. The van der Waals surface area contributed by atoms with E-state index in [1.807, 2.05) is 0 Å². The third-order valence-corrected chi connectivity index (χ3v) is 5.49. The zero-order chi connectivity index (χ0) is 13.8. The molecule has 1 aliphatic heterocycles. The van der Waals surface area contributed by atoms with Gasteiger partial charge in [0, 0.05) is 18.1 Å². The summed E-state index contributed by atoms with van der Waals surface area (Å²) in [5.74, 6) is 0. The van der Waals surface area contributed by atoms with E-state index < -0.39 is 0 Å². The average Bonchev–Trinajstić information content (AvgIpc) is 2.46. The molecule has 1 aliphatic carbocycles. The van der Waals surface area contributed by atoms with Crippen LogP contribution in [0, 0.1) is 0 Å². The molecule has 0 amide bonds. The van der Waals surface area contributed by atoms with Crippen LogP contribution in [0.4, 0.5) is 0 Å². The lowest BCUT2D eigenvalue weighted by molar-refractivity contribution is 0.0629. The smallest absolute Gasteiger partial charge is 0.0113 e. The second kappa shape index (κ2) is 7.05. The summed E-state index contributed by atoms with van der Waals surface area (Å²) in [5.41, 5.74) is 0. The standard InChI is InChI=1S/C16H33N3/c1-5-18(4)15-7-6-8-16(13-15)19-11-9-14(10-12-19)17(2)3/h14-16H,5-13H2,1-4H3/t15-,16-/m1/s1. The Morgan fingerprint density at radius 1 is 0.947 bits per heavy atom. The van der Waals surface area contributed by atoms with Gasteiger partial charge in [-0.1, -0.05) is 13.3 Å². The molecule has 19 heavy (non-hydrogen) atoms. The molecule has 3 heteroatoms. The Bertz CT molecular complexity index is 259. The van der Waals surface area contributed by atoms with Crippen LogP contribution in [0.15, 0.2) is 0 Å². The van der Waals surface area contributed by atoms with Gasteiger partial charge in [0.1, 0.15) is 0 Å². The number of piperidine rings is 1. The zero-order valence-corrected chi connectivity index (χ0v) is 13.4. The van der Waals surface area contributed by atoms with E-state index in [-0.39, 0.29) is 0 Å². The van der Waals surface area contributed by atoms with Crippen molar-refractivity contribution < 1.29 is 0 Å². The van der Waals surface area contributed by atoms with Crippen molar-refractivity contribution in [3.8, 4) is 0 Å². The zero-order valence-electron chi connectivity index (χ0n) is 13.4. The summed E-state index contributed by atoms with van der Waals surface area (Å²) in [7, 11) is 6.76. The molecule has 2 fully saturated rings. The van der Waals surface area contributed by atoms with Gasteiger partial charge in [-0.3, -0.25) is 0 Å². The molecule has 112 valence electrons. The fraction of sp³-hybridized carbons (Fsp3) is 1.00. The monoisotopic (exact) mass is 267 g/mol. The van der Waals surface area contributed by atoms with Crippen molar-refractivity contribution in [3.63, 3.8) is 0 Å². The summed E-state index contributed by atoms with van der Waals surface area (Å²) in [6, 6.07) is 2.50. The minimum absolute atomic E-state index is 0.814. The van der Waals surface area contributed by atoms with E-state index in [2.05, 4.69) is 42.8 Å². The molecule has 1 heterocycles. The van der Waals surface area contributed by atoms with Gasteiger partial charge in [-0.05, 0) is 72.9 Å². The Hall–Kier alpha value is -0.120. The molecular weight excluding hydrogens is 234 g/mol. The number of hydrogen-bond acceptors (Lipinski definition) is 3. The van der Waals surface area contributed by atoms with Crippen LogP contribution in [-0.4, -0.2) is 73.6 Å². The van der Waals surface area contributed by atoms with Crippen LogP contribution >= 0.6 is 0 Å². The van der Waals surface area contributed by atoms with Crippen LogP contribution in [0.25, 0.3) is 0 Å². The Labute approximate surface area is 119 Å². The van der Waals surface area contributed by atoms with Crippen LogP contribution < -0.4 is 0 Å². The first-order valence-electron chi connectivity index (χ1n) is 8.22. The molecule has 2 rings (SSSR count). The highest BCUT2D eigenvalue weighted by atomic mass is 15.2. The lowest BCUT2D eigenvalue weighted by atomic mass is 9.87. The molecule has 3 nitrogen and oxygen atoms in total. The second-order valence-electron chi connectivity index (χ2n) is 6.78. The maximum atomic E-state index is 2.79. The molecule has 0 bridgehead atoms. The van der Waals surface area contributed by atoms with Gasteiger partial charge in [0.25, 0.3) is 0 Å². The van der Waals surface area contributed by atoms with Gasteiger partial charge in [0.15, 0.2) is 0 Å². The summed E-state index contributed by atoms with van der Waals surface area (Å²) in [4.78, 5) is 7.75. The normalized spacial score (nSPS) is 31.3. The number of nitrogens with zero attached hydrogens (tertiary/aromatic N) is 3. The molecule has 1 saturated heterocycles. The van der Waals surface area contributed by atoms with E-state index in [0.29, 0.717) is 0 Å². The third kappa shape index (κ3) is 3.93. The number of hydrogen-bond donors (Lipinski definition) is 0. The summed E-state index contributed by atoms with van der Waals surface area (Å²) in [6.45, 7) is 6.11. The first kappa shape index (κ1) is 15.3. The van der Waals surface area contributed by atoms with E-state index in [9.17, 15) is 0 Å². The fourth-order valence-electron chi connectivity index (χ4n) is 3.90. The Morgan fingerprint density at radius 3 is 2.21 bits per heavy atom. The van der Waals surface area contributed by atoms with E-state index in [4.69, 9.17) is 0 Å². The highest BCUT2D eigenvalue weighted by molar-refractivity contribution is 4.87. The molecule has 2 aliphatic rings. The molecule has 0 unspecified atom stereocenters. The Kier molecular flexibility index (Phi) is 5.67. The van der Waals surface area contributed by atoms with E-state index >= 15 is 0 Å². The number of likely N-dealkylation sites (tertiary alicyclic amines) is 1. The molecule has 0 N–H and O–H groups in total. The van der Waals surface area contributed by atoms with Crippen molar-refractivity contribution in [2.24, 2.45) is 0 Å². The van der Waals surface area contributed by atoms with Crippen LogP contribution in [0.2, 0.25) is 0 Å². The lowest BCUT2D eigenvalue weighted by Crippen LogP contribution is -2.50. The van der Waals surface area contributed by atoms with Gasteiger partial charge in [-0.15, -0.1) is 0 Å². The Morgan fingerprint density at radius 2 is 1.63 bits per heavy atom. The van der Waals surface area contributed by atoms with Crippen LogP contribution in [0.3, 0.4) is 0 Å². The van der Waals surface area contributed by atoms with Gasteiger partial charge >= 0.3 is 0 Å². The first-order chi connectivity index (χ1) is 9.11. The largest absolute Gasteiger partial charge is 0.306 e. The summed E-state index contributed by atoms with van der Waals surface area (Å²) in [5, 5.41) is 0. The molecular formula is C16H33N3.